The molecule has 156 valence electrons. The van der Waals surface area contributed by atoms with Crippen LogP contribution in [0.1, 0.15) is 43.4 Å². The van der Waals surface area contributed by atoms with Crippen molar-refractivity contribution in [1.29, 1.82) is 0 Å². The Morgan fingerprint density at radius 2 is 2.21 bits per heavy atom. The summed E-state index contributed by atoms with van der Waals surface area (Å²) in [6.45, 7) is 5.78. The molecule has 2 heterocycles. The lowest BCUT2D eigenvalue weighted by atomic mass is 9.96. The fourth-order valence-corrected chi connectivity index (χ4v) is 3.65. The van der Waals surface area contributed by atoms with Crippen LogP contribution in [0, 0.1) is 0 Å². The second kappa shape index (κ2) is 9.31. The van der Waals surface area contributed by atoms with Gasteiger partial charge in [0.2, 0.25) is 0 Å². The Morgan fingerprint density at radius 1 is 1.34 bits per heavy atom. The number of hydrogen-bond acceptors (Lipinski definition) is 4. The SMILES string of the molecule is CCNC(=NCc1ccccc1OC1CCC1)N1CCOC(c2cnn(C)c2)C1. The van der Waals surface area contributed by atoms with Gasteiger partial charge in [-0.3, -0.25) is 4.68 Å². The molecule has 1 N–H and O–H groups in total. The van der Waals surface area contributed by atoms with Gasteiger partial charge in [0.25, 0.3) is 0 Å². The van der Waals surface area contributed by atoms with E-state index >= 15 is 0 Å². The van der Waals surface area contributed by atoms with E-state index in [1.54, 1.807) is 0 Å². The summed E-state index contributed by atoms with van der Waals surface area (Å²) in [4.78, 5) is 7.21. The lowest BCUT2D eigenvalue weighted by Crippen LogP contribution is -2.48. The Kier molecular flexibility index (Phi) is 6.34. The van der Waals surface area contributed by atoms with Crippen LogP contribution in [-0.2, 0) is 18.3 Å². The summed E-state index contributed by atoms with van der Waals surface area (Å²) in [5, 5.41) is 7.72. The van der Waals surface area contributed by atoms with E-state index in [1.165, 1.54) is 6.42 Å². The van der Waals surface area contributed by atoms with Crippen molar-refractivity contribution in [3.63, 3.8) is 0 Å². The van der Waals surface area contributed by atoms with Crippen LogP contribution in [0.2, 0.25) is 0 Å². The van der Waals surface area contributed by atoms with Gasteiger partial charge >= 0.3 is 0 Å². The Labute approximate surface area is 172 Å². The van der Waals surface area contributed by atoms with Gasteiger partial charge in [0.05, 0.1) is 32.0 Å². The van der Waals surface area contributed by atoms with Gasteiger partial charge < -0.3 is 19.7 Å². The first-order chi connectivity index (χ1) is 14.2. The number of aryl methyl sites for hydroxylation is 1. The molecule has 0 radical (unpaired) electrons. The zero-order valence-electron chi connectivity index (χ0n) is 17.4. The van der Waals surface area contributed by atoms with E-state index in [-0.39, 0.29) is 6.10 Å². The normalized spacial score (nSPS) is 20.4. The van der Waals surface area contributed by atoms with Gasteiger partial charge in [-0.25, -0.2) is 4.99 Å². The molecule has 1 saturated heterocycles. The highest BCUT2D eigenvalue weighted by Crippen LogP contribution is 2.28. The number of benzene rings is 1. The monoisotopic (exact) mass is 397 g/mol. The predicted molar refractivity (Wildman–Crippen MR) is 113 cm³/mol. The summed E-state index contributed by atoms with van der Waals surface area (Å²) in [5.41, 5.74) is 2.24. The molecule has 1 aliphatic carbocycles. The quantitative estimate of drug-likeness (QED) is 0.600. The van der Waals surface area contributed by atoms with Crippen molar-refractivity contribution in [2.24, 2.45) is 12.0 Å². The number of morpholine rings is 1. The van der Waals surface area contributed by atoms with Crippen molar-refractivity contribution in [2.45, 2.75) is 44.9 Å². The topological polar surface area (TPSA) is 63.9 Å². The molecule has 1 unspecified atom stereocenters. The Morgan fingerprint density at radius 3 is 2.93 bits per heavy atom. The molecule has 1 atom stereocenters. The molecule has 1 saturated carbocycles. The summed E-state index contributed by atoms with van der Waals surface area (Å²) in [7, 11) is 1.93. The van der Waals surface area contributed by atoms with Crippen LogP contribution < -0.4 is 10.1 Å². The number of ether oxygens (including phenoxy) is 2. The molecule has 2 aliphatic rings. The van der Waals surface area contributed by atoms with E-state index in [0.29, 0.717) is 19.3 Å². The molecule has 29 heavy (non-hydrogen) atoms. The summed E-state index contributed by atoms with van der Waals surface area (Å²) in [5.74, 6) is 1.88. The molecule has 1 aliphatic heterocycles. The molecular weight excluding hydrogens is 366 g/mol. The highest BCUT2D eigenvalue weighted by Gasteiger charge is 2.25. The molecule has 4 rings (SSSR count). The lowest BCUT2D eigenvalue weighted by Gasteiger charge is -2.35. The smallest absolute Gasteiger partial charge is 0.194 e. The zero-order chi connectivity index (χ0) is 20.1. The molecule has 7 heteroatoms. The van der Waals surface area contributed by atoms with Gasteiger partial charge in [-0.2, -0.15) is 5.10 Å². The van der Waals surface area contributed by atoms with Crippen LogP contribution in [0.15, 0.2) is 41.7 Å². The molecule has 0 bridgehead atoms. The van der Waals surface area contributed by atoms with Crippen LogP contribution in [0.3, 0.4) is 0 Å². The van der Waals surface area contributed by atoms with E-state index in [9.17, 15) is 0 Å². The van der Waals surface area contributed by atoms with Gasteiger partial charge in [0.1, 0.15) is 11.9 Å². The number of nitrogens with zero attached hydrogens (tertiary/aromatic N) is 4. The van der Waals surface area contributed by atoms with E-state index < -0.39 is 0 Å². The molecular formula is C22H31N5O2. The molecule has 1 aromatic carbocycles. The Bertz CT molecular complexity index is 830. The summed E-state index contributed by atoms with van der Waals surface area (Å²) >= 11 is 0. The standard InChI is InChI=1S/C22H31N5O2/c1-3-23-22(27-11-12-28-21(16-27)18-14-25-26(2)15-18)24-13-17-7-4-5-10-20(17)29-19-8-6-9-19/h4-5,7,10,14-15,19,21H,3,6,8-9,11-13,16H2,1-2H3,(H,23,24). The van der Waals surface area contributed by atoms with Crippen molar-refractivity contribution in [3.8, 4) is 5.75 Å². The fourth-order valence-electron chi connectivity index (χ4n) is 3.65. The van der Waals surface area contributed by atoms with E-state index in [2.05, 4.69) is 40.4 Å². The first-order valence-corrected chi connectivity index (χ1v) is 10.6. The number of guanidine groups is 1. The fraction of sp³-hybridized carbons (Fsp3) is 0.545. The van der Waals surface area contributed by atoms with E-state index in [4.69, 9.17) is 14.5 Å². The van der Waals surface area contributed by atoms with Crippen molar-refractivity contribution in [1.82, 2.24) is 20.0 Å². The highest BCUT2D eigenvalue weighted by atomic mass is 16.5. The second-order valence-electron chi connectivity index (χ2n) is 7.70. The van der Waals surface area contributed by atoms with Crippen LogP contribution in [0.4, 0.5) is 0 Å². The minimum atomic E-state index is 0.00976. The number of aromatic nitrogens is 2. The van der Waals surface area contributed by atoms with Crippen LogP contribution in [0.25, 0.3) is 0 Å². The van der Waals surface area contributed by atoms with E-state index in [0.717, 1.165) is 55.3 Å². The second-order valence-corrected chi connectivity index (χ2v) is 7.70. The maximum atomic E-state index is 6.16. The largest absolute Gasteiger partial charge is 0.490 e. The molecule has 7 nitrogen and oxygen atoms in total. The van der Waals surface area contributed by atoms with Gasteiger partial charge in [0.15, 0.2) is 5.96 Å². The van der Waals surface area contributed by atoms with E-state index in [1.807, 2.05) is 30.2 Å². The first-order valence-electron chi connectivity index (χ1n) is 10.6. The third-order valence-corrected chi connectivity index (χ3v) is 5.52. The third kappa shape index (κ3) is 4.90. The van der Waals surface area contributed by atoms with Crippen molar-refractivity contribution < 1.29 is 9.47 Å². The van der Waals surface area contributed by atoms with Crippen LogP contribution in [-0.4, -0.2) is 53.0 Å². The maximum Gasteiger partial charge on any atom is 0.194 e. The van der Waals surface area contributed by atoms with Crippen molar-refractivity contribution >= 4 is 5.96 Å². The van der Waals surface area contributed by atoms with Gasteiger partial charge in [-0.05, 0) is 32.3 Å². The average Bonchev–Trinajstić information content (AvgIpc) is 3.15. The van der Waals surface area contributed by atoms with Gasteiger partial charge in [-0.1, -0.05) is 18.2 Å². The van der Waals surface area contributed by atoms with Crippen LogP contribution in [0.5, 0.6) is 5.75 Å². The number of aliphatic imine (C=N–C) groups is 1. The Hall–Kier alpha value is -2.54. The predicted octanol–water partition coefficient (Wildman–Crippen LogP) is 2.89. The highest BCUT2D eigenvalue weighted by molar-refractivity contribution is 5.80. The number of hydrogen-bond donors (Lipinski definition) is 1. The number of rotatable bonds is 6. The lowest BCUT2D eigenvalue weighted by molar-refractivity contribution is -0.00805. The van der Waals surface area contributed by atoms with Crippen molar-refractivity contribution in [3.05, 3.63) is 47.8 Å². The summed E-state index contributed by atoms with van der Waals surface area (Å²) in [6, 6.07) is 8.26. The number of para-hydroxylation sites is 1. The molecule has 1 aromatic heterocycles. The molecule has 0 amide bonds. The average molecular weight is 398 g/mol. The molecule has 2 fully saturated rings. The maximum absolute atomic E-state index is 6.16. The summed E-state index contributed by atoms with van der Waals surface area (Å²) < 4.78 is 14.0. The third-order valence-electron chi connectivity index (χ3n) is 5.52. The first kappa shape index (κ1) is 19.8. The molecule has 0 spiro atoms. The van der Waals surface area contributed by atoms with Gasteiger partial charge in [-0.15, -0.1) is 0 Å². The zero-order valence-corrected chi connectivity index (χ0v) is 17.4. The minimum Gasteiger partial charge on any atom is -0.490 e. The van der Waals surface area contributed by atoms with Crippen molar-refractivity contribution in [2.75, 3.05) is 26.2 Å². The minimum absolute atomic E-state index is 0.00976. The summed E-state index contributed by atoms with van der Waals surface area (Å²) in [6.07, 6.45) is 7.86. The van der Waals surface area contributed by atoms with Gasteiger partial charge in [0, 0.05) is 37.5 Å². The molecule has 2 aromatic rings. The Balaban J connectivity index is 1.46. The van der Waals surface area contributed by atoms with Crippen LogP contribution >= 0.6 is 0 Å². The number of nitrogens with one attached hydrogen (secondary N) is 1.